The highest BCUT2D eigenvalue weighted by Crippen LogP contribution is 2.44. The first-order valence-corrected chi connectivity index (χ1v) is 15.0. The van der Waals surface area contributed by atoms with Crippen molar-refractivity contribution in [1.29, 1.82) is 0 Å². The molecule has 0 aliphatic carbocycles. The molecule has 5 aromatic carbocycles. The zero-order chi connectivity index (χ0) is 28.0. The summed E-state index contributed by atoms with van der Waals surface area (Å²) in [6.45, 7) is 5.26. The number of rotatable bonds is 3. The second kappa shape index (κ2) is 10.0. The predicted octanol–water partition coefficient (Wildman–Crippen LogP) is 10.3. The van der Waals surface area contributed by atoms with E-state index in [0.29, 0.717) is 0 Å². The molecule has 1 aliphatic rings. The van der Waals surface area contributed by atoms with Crippen molar-refractivity contribution in [3.63, 3.8) is 0 Å². The van der Waals surface area contributed by atoms with Gasteiger partial charge in [0.15, 0.2) is 0 Å². The van der Waals surface area contributed by atoms with Crippen molar-refractivity contribution in [2.45, 2.75) is 0 Å². The fourth-order valence-electron chi connectivity index (χ4n) is 6.00. The number of anilines is 2. The minimum absolute atomic E-state index is 0.753. The number of hydrogen-bond donors (Lipinski definition) is 0. The van der Waals surface area contributed by atoms with E-state index in [-0.39, 0.29) is 0 Å². The van der Waals surface area contributed by atoms with Crippen LogP contribution in [0.5, 0.6) is 0 Å². The van der Waals surface area contributed by atoms with Crippen LogP contribution in [0.15, 0.2) is 146 Å². The Morgan fingerprint density at radius 2 is 1.48 bits per heavy atom. The van der Waals surface area contributed by atoms with Gasteiger partial charge in [0.1, 0.15) is 5.82 Å². The van der Waals surface area contributed by atoms with Crippen LogP contribution in [-0.2, 0) is 0 Å². The lowest BCUT2D eigenvalue weighted by Crippen LogP contribution is -2.18. The van der Waals surface area contributed by atoms with Gasteiger partial charge in [0, 0.05) is 49.2 Å². The van der Waals surface area contributed by atoms with Gasteiger partial charge in [-0.1, -0.05) is 85.5 Å². The van der Waals surface area contributed by atoms with Crippen LogP contribution in [-0.4, -0.2) is 16.1 Å². The van der Waals surface area contributed by atoms with E-state index in [9.17, 15) is 0 Å². The van der Waals surface area contributed by atoms with Crippen LogP contribution in [0.2, 0.25) is 0 Å². The van der Waals surface area contributed by atoms with E-state index in [1.807, 2.05) is 23.5 Å². The van der Waals surface area contributed by atoms with Gasteiger partial charge in [-0.2, -0.15) is 0 Å². The molecule has 8 rings (SSSR count). The molecular weight excluding hydrogens is 531 g/mol. The van der Waals surface area contributed by atoms with Crippen molar-refractivity contribution in [2.24, 2.45) is 0 Å². The maximum Gasteiger partial charge on any atom is 0.145 e. The molecule has 0 radical (unpaired) electrons. The van der Waals surface area contributed by atoms with E-state index >= 15 is 0 Å². The molecule has 200 valence electrons. The summed E-state index contributed by atoms with van der Waals surface area (Å²) < 4.78 is 4.83. The highest BCUT2D eigenvalue weighted by molar-refractivity contribution is 7.26. The molecule has 4 heteroatoms. The number of hydrogen-bond acceptors (Lipinski definition) is 3. The number of nitrogens with zero attached hydrogens (tertiary/aromatic N) is 3. The van der Waals surface area contributed by atoms with Crippen LogP contribution < -0.4 is 4.90 Å². The quantitative estimate of drug-likeness (QED) is 0.215. The third-order valence-corrected chi connectivity index (χ3v) is 9.19. The van der Waals surface area contributed by atoms with Crippen LogP contribution in [0.25, 0.3) is 53.9 Å². The molecule has 2 aromatic heterocycles. The highest BCUT2D eigenvalue weighted by atomic mass is 32.1. The van der Waals surface area contributed by atoms with Crippen LogP contribution >= 0.6 is 11.3 Å². The summed E-state index contributed by atoms with van der Waals surface area (Å²) in [5.41, 5.74) is 8.77. The molecular formula is C38H27N3S. The number of imidazole rings is 1. The van der Waals surface area contributed by atoms with E-state index in [0.717, 1.165) is 45.9 Å². The molecule has 7 aromatic rings. The van der Waals surface area contributed by atoms with Crippen LogP contribution in [0.3, 0.4) is 0 Å². The van der Waals surface area contributed by atoms with E-state index < -0.39 is 0 Å². The SMILES string of the molecule is C=C1/C=C\C=C/CN(c2ccc(-c3nc4ccccc4n3-c3ccccc3)cc2)c2ccc3c(sc4ccccc43)c21. The second-order valence-corrected chi connectivity index (χ2v) is 11.6. The van der Waals surface area contributed by atoms with Gasteiger partial charge in [-0.05, 0) is 66.2 Å². The van der Waals surface area contributed by atoms with Gasteiger partial charge < -0.3 is 4.90 Å². The second-order valence-electron chi connectivity index (χ2n) is 10.5. The van der Waals surface area contributed by atoms with Crippen LogP contribution in [0.1, 0.15) is 5.56 Å². The molecule has 0 saturated carbocycles. The van der Waals surface area contributed by atoms with Gasteiger partial charge in [-0.15, -0.1) is 11.3 Å². The van der Waals surface area contributed by atoms with Gasteiger partial charge >= 0.3 is 0 Å². The maximum absolute atomic E-state index is 5.06. The van der Waals surface area contributed by atoms with Gasteiger partial charge in [0.05, 0.1) is 16.7 Å². The Hall–Kier alpha value is -5.19. The summed E-state index contributed by atoms with van der Waals surface area (Å²) in [4.78, 5) is 7.45. The molecule has 0 saturated heterocycles. The summed E-state index contributed by atoms with van der Waals surface area (Å²) in [7, 11) is 0. The van der Waals surface area contributed by atoms with E-state index in [2.05, 4.69) is 143 Å². The van der Waals surface area contributed by atoms with Crippen molar-refractivity contribution < 1.29 is 0 Å². The first-order valence-electron chi connectivity index (χ1n) is 14.1. The number of thiophene rings is 1. The standard InChI is InChI=1S/C38H27N3S/c1-26-12-4-3-11-25-40(34-24-23-31-30-15-7-10-18-35(30)42-37(31)36(26)34)28-21-19-27(20-22-28)38-39-32-16-8-9-17-33(32)41(38)29-13-5-2-6-14-29/h2-24H,1,25H2/b11-3-,12-4-. The molecule has 0 N–H and O–H groups in total. The Morgan fingerprint density at radius 3 is 2.36 bits per heavy atom. The molecule has 0 atom stereocenters. The molecule has 0 bridgehead atoms. The molecule has 0 amide bonds. The first-order chi connectivity index (χ1) is 20.8. The van der Waals surface area contributed by atoms with Crippen LogP contribution in [0.4, 0.5) is 11.4 Å². The minimum Gasteiger partial charge on any atom is -0.337 e. The Balaban J connectivity index is 1.27. The lowest BCUT2D eigenvalue weighted by Gasteiger charge is -2.27. The van der Waals surface area contributed by atoms with E-state index in [1.54, 1.807) is 0 Å². The minimum atomic E-state index is 0.753. The van der Waals surface area contributed by atoms with Gasteiger partial charge in [-0.3, -0.25) is 4.57 Å². The summed E-state index contributed by atoms with van der Waals surface area (Å²) >= 11 is 1.85. The summed E-state index contributed by atoms with van der Waals surface area (Å²) in [5, 5.41) is 2.58. The average Bonchev–Trinajstić information content (AvgIpc) is 3.63. The topological polar surface area (TPSA) is 21.1 Å². The zero-order valence-electron chi connectivity index (χ0n) is 22.9. The summed E-state index contributed by atoms with van der Waals surface area (Å²) in [6, 6.07) is 40.8. The molecule has 1 aliphatic heterocycles. The molecule has 3 nitrogen and oxygen atoms in total. The van der Waals surface area contributed by atoms with Crippen LogP contribution in [0, 0.1) is 0 Å². The number of aromatic nitrogens is 2. The van der Waals surface area contributed by atoms with Crippen molar-refractivity contribution in [3.05, 3.63) is 152 Å². The smallest absolute Gasteiger partial charge is 0.145 e. The molecule has 42 heavy (non-hydrogen) atoms. The predicted molar refractivity (Wildman–Crippen MR) is 180 cm³/mol. The van der Waals surface area contributed by atoms with Crippen molar-refractivity contribution in [2.75, 3.05) is 11.4 Å². The fourth-order valence-corrected chi connectivity index (χ4v) is 7.29. The normalized spacial score (nSPS) is 15.0. The van der Waals surface area contributed by atoms with E-state index in [4.69, 9.17) is 4.98 Å². The Morgan fingerprint density at radius 1 is 0.690 bits per heavy atom. The Bertz CT molecular complexity index is 2180. The summed E-state index contributed by atoms with van der Waals surface area (Å²) in [5.74, 6) is 0.934. The fraction of sp³-hybridized carbons (Fsp3) is 0.0263. The van der Waals surface area contributed by atoms with Gasteiger partial charge in [0.2, 0.25) is 0 Å². The van der Waals surface area contributed by atoms with E-state index in [1.165, 1.54) is 31.4 Å². The molecule has 0 fully saturated rings. The molecule has 0 spiro atoms. The average molecular weight is 558 g/mol. The zero-order valence-corrected chi connectivity index (χ0v) is 23.8. The van der Waals surface area contributed by atoms with Crippen molar-refractivity contribution in [3.8, 4) is 17.1 Å². The lowest BCUT2D eigenvalue weighted by atomic mass is 10.00. The summed E-state index contributed by atoms with van der Waals surface area (Å²) in [6.07, 6.45) is 8.54. The number of benzene rings is 5. The molecule has 0 unspecified atom stereocenters. The Kier molecular flexibility index (Phi) is 5.87. The largest absolute Gasteiger partial charge is 0.337 e. The number of para-hydroxylation sites is 3. The maximum atomic E-state index is 5.06. The highest BCUT2D eigenvalue weighted by Gasteiger charge is 2.20. The number of allylic oxidation sites excluding steroid dienone is 4. The molecule has 3 heterocycles. The van der Waals surface area contributed by atoms with Crippen molar-refractivity contribution >= 4 is 59.5 Å². The van der Waals surface area contributed by atoms with Gasteiger partial charge in [-0.25, -0.2) is 4.98 Å². The monoisotopic (exact) mass is 557 g/mol. The third kappa shape index (κ3) is 3.99. The third-order valence-electron chi connectivity index (χ3n) is 7.98. The van der Waals surface area contributed by atoms with Gasteiger partial charge in [0.25, 0.3) is 0 Å². The van der Waals surface area contributed by atoms with Crippen molar-refractivity contribution in [1.82, 2.24) is 9.55 Å². The Labute approximate surface area is 248 Å². The lowest BCUT2D eigenvalue weighted by molar-refractivity contribution is 1.09. The number of fused-ring (bicyclic) bond motifs is 6. The first kappa shape index (κ1) is 24.6.